The van der Waals surface area contributed by atoms with Gasteiger partial charge in [-0.1, -0.05) is 43.3 Å². The average Bonchev–Trinajstić information content (AvgIpc) is 3.18. The Kier molecular flexibility index (Phi) is 7.70. The molecule has 0 saturated carbocycles. The molecule has 1 aromatic heterocycles. The highest BCUT2D eigenvalue weighted by molar-refractivity contribution is 7.15. The van der Waals surface area contributed by atoms with E-state index >= 15 is 0 Å². The van der Waals surface area contributed by atoms with Crippen molar-refractivity contribution in [3.8, 4) is 16.9 Å². The lowest BCUT2D eigenvalue weighted by Crippen LogP contribution is -2.34. The van der Waals surface area contributed by atoms with E-state index < -0.39 is 6.10 Å². The number of hydrogen-bond acceptors (Lipinski definition) is 4. The van der Waals surface area contributed by atoms with E-state index in [1.807, 2.05) is 88.5 Å². The number of benzene rings is 2. The number of carbonyl (C=O) groups excluding carboxylic acids is 2. The van der Waals surface area contributed by atoms with Crippen molar-refractivity contribution in [3.63, 3.8) is 0 Å². The van der Waals surface area contributed by atoms with Gasteiger partial charge in [0.25, 0.3) is 11.8 Å². The van der Waals surface area contributed by atoms with Crippen molar-refractivity contribution < 1.29 is 14.3 Å². The highest BCUT2D eigenvalue weighted by Crippen LogP contribution is 2.36. The van der Waals surface area contributed by atoms with E-state index in [2.05, 4.69) is 10.6 Å². The smallest absolute Gasteiger partial charge is 0.266 e. The largest absolute Gasteiger partial charge is 0.481 e. The van der Waals surface area contributed by atoms with Crippen LogP contribution in [0.2, 0.25) is 0 Å². The Morgan fingerprint density at radius 3 is 2.38 bits per heavy atom. The first-order chi connectivity index (χ1) is 15.3. The summed E-state index contributed by atoms with van der Waals surface area (Å²) in [6.07, 6.45) is -0.163. The standard InChI is InChI=1S/C26H30N2O3S/c1-6-22(31-20-13-12-17(4)18(5)14-20)24(29)28-26-23(25(30)27-16(2)3)21(15-32-26)19-10-8-7-9-11-19/h7-16,22H,6H2,1-5H3,(H,27,30)(H,28,29)/t22-/m1/s1. The molecule has 0 spiro atoms. The molecule has 0 aliphatic heterocycles. The van der Waals surface area contributed by atoms with Gasteiger partial charge in [-0.15, -0.1) is 11.3 Å². The van der Waals surface area contributed by atoms with Gasteiger partial charge in [0.2, 0.25) is 0 Å². The first-order valence-corrected chi connectivity index (χ1v) is 11.7. The zero-order valence-electron chi connectivity index (χ0n) is 19.2. The predicted octanol–water partition coefficient (Wildman–Crippen LogP) is 5.97. The van der Waals surface area contributed by atoms with Gasteiger partial charge in [0.15, 0.2) is 6.10 Å². The lowest BCUT2D eigenvalue weighted by atomic mass is 10.0. The van der Waals surface area contributed by atoms with Crippen LogP contribution < -0.4 is 15.4 Å². The number of anilines is 1. The fourth-order valence-corrected chi connectivity index (χ4v) is 4.28. The molecule has 5 nitrogen and oxygen atoms in total. The van der Waals surface area contributed by atoms with Crippen molar-refractivity contribution in [2.24, 2.45) is 0 Å². The Morgan fingerprint density at radius 1 is 1.03 bits per heavy atom. The first kappa shape index (κ1) is 23.5. The van der Waals surface area contributed by atoms with Gasteiger partial charge in [0.1, 0.15) is 10.8 Å². The zero-order chi connectivity index (χ0) is 23.3. The Bertz CT molecular complexity index is 1090. The number of aryl methyl sites for hydroxylation is 2. The molecule has 1 atom stereocenters. The predicted molar refractivity (Wildman–Crippen MR) is 132 cm³/mol. The number of hydrogen-bond donors (Lipinski definition) is 2. The maximum atomic E-state index is 13.1. The van der Waals surface area contributed by atoms with Gasteiger partial charge < -0.3 is 15.4 Å². The summed E-state index contributed by atoms with van der Waals surface area (Å²) < 4.78 is 5.98. The molecule has 2 N–H and O–H groups in total. The van der Waals surface area contributed by atoms with Crippen LogP contribution in [0, 0.1) is 13.8 Å². The molecule has 0 unspecified atom stereocenters. The van der Waals surface area contributed by atoms with E-state index in [0.29, 0.717) is 22.7 Å². The highest BCUT2D eigenvalue weighted by Gasteiger charge is 2.25. The second kappa shape index (κ2) is 10.5. The van der Waals surface area contributed by atoms with E-state index in [9.17, 15) is 9.59 Å². The van der Waals surface area contributed by atoms with Crippen molar-refractivity contribution in [2.45, 2.75) is 53.2 Å². The number of thiophene rings is 1. The van der Waals surface area contributed by atoms with Crippen molar-refractivity contribution in [3.05, 3.63) is 70.6 Å². The van der Waals surface area contributed by atoms with Gasteiger partial charge in [-0.05, 0) is 62.9 Å². The van der Waals surface area contributed by atoms with Crippen LogP contribution in [0.25, 0.3) is 11.1 Å². The van der Waals surface area contributed by atoms with Crippen LogP contribution in [-0.4, -0.2) is 24.0 Å². The average molecular weight is 451 g/mol. The fourth-order valence-electron chi connectivity index (χ4n) is 3.31. The fraction of sp³-hybridized carbons (Fsp3) is 0.308. The van der Waals surface area contributed by atoms with Crippen LogP contribution >= 0.6 is 11.3 Å². The van der Waals surface area contributed by atoms with Crippen molar-refractivity contribution in [1.82, 2.24) is 5.32 Å². The molecule has 2 amide bonds. The molecule has 0 saturated heterocycles. The van der Waals surface area contributed by atoms with Crippen LogP contribution in [0.1, 0.15) is 48.7 Å². The minimum Gasteiger partial charge on any atom is -0.481 e. The first-order valence-electron chi connectivity index (χ1n) is 10.8. The summed E-state index contributed by atoms with van der Waals surface area (Å²) in [4.78, 5) is 26.1. The molecule has 6 heteroatoms. The number of rotatable bonds is 8. The maximum absolute atomic E-state index is 13.1. The summed E-state index contributed by atoms with van der Waals surface area (Å²) in [7, 11) is 0. The summed E-state index contributed by atoms with van der Waals surface area (Å²) in [5, 5.41) is 8.32. The lowest BCUT2D eigenvalue weighted by molar-refractivity contribution is -0.122. The Morgan fingerprint density at radius 2 is 1.75 bits per heavy atom. The summed E-state index contributed by atoms with van der Waals surface area (Å²) >= 11 is 1.35. The minimum absolute atomic E-state index is 0.0222. The third kappa shape index (κ3) is 5.56. The minimum atomic E-state index is -0.666. The summed E-state index contributed by atoms with van der Waals surface area (Å²) in [5.41, 5.74) is 4.48. The van der Waals surface area contributed by atoms with E-state index in [1.165, 1.54) is 16.9 Å². The van der Waals surface area contributed by atoms with Gasteiger partial charge in [-0.2, -0.15) is 0 Å². The summed E-state index contributed by atoms with van der Waals surface area (Å²) in [6.45, 7) is 9.78. The number of carbonyl (C=O) groups is 2. The van der Waals surface area contributed by atoms with Gasteiger partial charge in [-0.3, -0.25) is 9.59 Å². The molecule has 0 aliphatic rings. The summed E-state index contributed by atoms with van der Waals surface area (Å²) in [6, 6.07) is 15.5. The molecule has 0 aliphatic carbocycles. The molecule has 3 rings (SSSR count). The zero-order valence-corrected chi connectivity index (χ0v) is 20.0. The third-order valence-electron chi connectivity index (χ3n) is 5.18. The van der Waals surface area contributed by atoms with E-state index in [0.717, 1.165) is 16.7 Å². The lowest BCUT2D eigenvalue weighted by Gasteiger charge is -2.18. The quantitative estimate of drug-likeness (QED) is 0.444. The highest BCUT2D eigenvalue weighted by atomic mass is 32.1. The monoisotopic (exact) mass is 450 g/mol. The van der Waals surface area contributed by atoms with Gasteiger partial charge in [-0.25, -0.2) is 0 Å². The second-order valence-corrected chi connectivity index (χ2v) is 8.98. The van der Waals surface area contributed by atoms with Crippen LogP contribution in [0.5, 0.6) is 5.75 Å². The molecule has 0 fully saturated rings. The third-order valence-corrected chi connectivity index (χ3v) is 6.07. The number of amides is 2. The Labute approximate surface area is 193 Å². The van der Waals surface area contributed by atoms with Gasteiger partial charge >= 0.3 is 0 Å². The SMILES string of the molecule is CC[C@@H](Oc1ccc(C)c(C)c1)C(=O)Nc1scc(-c2ccccc2)c1C(=O)NC(C)C. The molecule has 3 aromatic rings. The van der Waals surface area contributed by atoms with Crippen LogP contribution in [0.4, 0.5) is 5.00 Å². The Balaban J connectivity index is 1.87. The van der Waals surface area contributed by atoms with Crippen molar-refractivity contribution in [1.29, 1.82) is 0 Å². The van der Waals surface area contributed by atoms with E-state index in [-0.39, 0.29) is 17.9 Å². The molecule has 2 aromatic carbocycles. The van der Waals surface area contributed by atoms with Gasteiger partial charge in [0.05, 0.1) is 5.56 Å². The van der Waals surface area contributed by atoms with Crippen molar-refractivity contribution in [2.75, 3.05) is 5.32 Å². The molecular formula is C26H30N2O3S. The van der Waals surface area contributed by atoms with Crippen LogP contribution in [-0.2, 0) is 4.79 Å². The number of nitrogens with one attached hydrogen (secondary N) is 2. The molecule has 32 heavy (non-hydrogen) atoms. The Hall–Kier alpha value is -3.12. The van der Waals surface area contributed by atoms with Crippen molar-refractivity contribution >= 4 is 28.2 Å². The van der Waals surface area contributed by atoms with Crippen LogP contribution in [0.3, 0.4) is 0 Å². The van der Waals surface area contributed by atoms with E-state index in [1.54, 1.807) is 0 Å². The maximum Gasteiger partial charge on any atom is 0.266 e. The van der Waals surface area contributed by atoms with E-state index in [4.69, 9.17) is 4.74 Å². The molecule has 0 bridgehead atoms. The topological polar surface area (TPSA) is 67.4 Å². The summed E-state index contributed by atoms with van der Waals surface area (Å²) in [5.74, 6) is 0.174. The van der Waals surface area contributed by atoms with Crippen LogP contribution in [0.15, 0.2) is 53.9 Å². The molecule has 168 valence electrons. The molecule has 1 heterocycles. The normalized spacial score (nSPS) is 11.8. The second-order valence-electron chi connectivity index (χ2n) is 8.10. The molecule has 0 radical (unpaired) electrons. The number of ether oxygens (including phenoxy) is 1. The molecular weight excluding hydrogens is 420 g/mol. The van der Waals surface area contributed by atoms with Gasteiger partial charge in [0, 0.05) is 17.0 Å².